The number of benzene rings is 1. The van der Waals surface area contributed by atoms with Crippen molar-refractivity contribution < 1.29 is 17.9 Å². The van der Waals surface area contributed by atoms with Crippen LogP contribution in [0.5, 0.6) is 0 Å². The number of ether oxygens (including phenoxy) is 1. The summed E-state index contributed by atoms with van der Waals surface area (Å²) in [6.07, 6.45) is 0. The molecule has 0 amide bonds. The second kappa shape index (κ2) is 5.88. The number of hydrogen-bond donors (Lipinski definition) is 1. The number of halogens is 2. The number of sulfonamides is 1. The van der Waals surface area contributed by atoms with E-state index < -0.39 is 22.0 Å². The smallest absolute Gasteiger partial charge is 0.323 e. The number of esters is 1. The lowest BCUT2D eigenvalue weighted by Gasteiger charge is -2.13. The Morgan fingerprint density at radius 2 is 2.00 bits per heavy atom. The van der Waals surface area contributed by atoms with E-state index in [1.54, 1.807) is 0 Å². The van der Waals surface area contributed by atoms with Gasteiger partial charge >= 0.3 is 5.97 Å². The quantitative estimate of drug-likeness (QED) is 0.861. The van der Waals surface area contributed by atoms with E-state index in [0.29, 0.717) is 0 Å². The summed E-state index contributed by atoms with van der Waals surface area (Å²) in [4.78, 5) is 11.0. The Hall–Kier alpha value is -0.820. The van der Waals surface area contributed by atoms with Crippen molar-refractivity contribution in [3.05, 3.63) is 28.2 Å². The third-order valence-corrected chi connectivity index (χ3v) is 4.33. The SMILES string of the molecule is COC(=O)C(C)NS(=O)(=O)c1cc(Cl)ccc1Cl. The Balaban J connectivity index is 3.07. The first-order valence-corrected chi connectivity index (χ1v) is 7.07. The summed E-state index contributed by atoms with van der Waals surface area (Å²) in [5.74, 6) is -0.697. The van der Waals surface area contributed by atoms with Crippen LogP contribution in [0.1, 0.15) is 6.92 Å². The van der Waals surface area contributed by atoms with Crippen LogP contribution in [0.2, 0.25) is 10.0 Å². The van der Waals surface area contributed by atoms with Crippen LogP contribution in [0.15, 0.2) is 23.1 Å². The first kappa shape index (κ1) is 15.2. The van der Waals surface area contributed by atoms with Crippen LogP contribution in [-0.2, 0) is 19.6 Å². The van der Waals surface area contributed by atoms with Crippen LogP contribution in [0, 0.1) is 0 Å². The van der Waals surface area contributed by atoms with Crippen LogP contribution in [0.4, 0.5) is 0 Å². The van der Waals surface area contributed by atoms with Crippen molar-refractivity contribution >= 4 is 39.2 Å². The van der Waals surface area contributed by atoms with Crippen molar-refractivity contribution in [2.75, 3.05) is 7.11 Å². The Morgan fingerprint density at radius 3 is 2.56 bits per heavy atom. The van der Waals surface area contributed by atoms with Gasteiger partial charge in [-0.15, -0.1) is 0 Å². The molecule has 0 bridgehead atoms. The molecule has 5 nitrogen and oxygen atoms in total. The lowest BCUT2D eigenvalue weighted by Crippen LogP contribution is -2.39. The minimum Gasteiger partial charge on any atom is -0.468 e. The molecule has 1 atom stereocenters. The fraction of sp³-hybridized carbons (Fsp3) is 0.300. The van der Waals surface area contributed by atoms with Gasteiger partial charge in [-0.25, -0.2) is 8.42 Å². The summed E-state index contributed by atoms with van der Waals surface area (Å²) >= 11 is 11.5. The Labute approximate surface area is 115 Å². The van der Waals surface area contributed by atoms with Crippen LogP contribution in [0.25, 0.3) is 0 Å². The number of methoxy groups -OCH3 is 1. The predicted molar refractivity (Wildman–Crippen MR) is 68.3 cm³/mol. The van der Waals surface area contributed by atoms with Gasteiger partial charge in [0.15, 0.2) is 0 Å². The van der Waals surface area contributed by atoms with E-state index in [2.05, 4.69) is 9.46 Å². The maximum atomic E-state index is 12.0. The average Bonchev–Trinajstić information content (AvgIpc) is 2.30. The van der Waals surface area contributed by atoms with E-state index in [1.165, 1.54) is 32.2 Å². The number of hydrogen-bond acceptors (Lipinski definition) is 4. The van der Waals surface area contributed by atoms with Gasteiger partial charge in [0.1, 0.15) is 10.9 Å². The minimum atomic E-state index is -3.94. The third kappa shape index (κ3) is 3.58. The fourth-order valence-electron chi connectivity index (χ4n) is 1.20. The predicted octanol–water partition coefficient (Wildman–Crippen LogP) is 1.83. The first-order chi connectivity index (χ1) is 8.27. The second-order valence-electron chi connectivity index (χ2n) is 3.44. The van der Waals surface area contributed by atoms with Crippen LogP contribution in [0.3, 0.4) is 0 Å². The highest BCUT2D eigenvalue weighted by atomic mass is 35.5. The molecular formula is C10H11Cl2NO4S. The van der Waals surface area contributed by atoms with Crippen LogP contribution in [-0.4, -0.2) is 27.5 Å². The molecule has 0 heterocycles. The van der Waals surface area contributed by atoms with E-state index in [1.807, 2.05) is 0 Å². The van der Waals surface area contributed by atoms with Crippen LogP contribution >= 0.6 is 23.2 Å². The summed E-state index contributed by atoms with van der Waals surface area (Å²) in [6.45, 7) is 1.36. The van der Waals surface area contributed by atoms with Gasteiger partial charge in [-0.1, -0.05) is 23.2 Å². The maximum Gasteiger partial charge on any atom is 0.323 e. The highest BCUT2D eigenvalue weighted by molar-refractivity contribution is 7.89. The second-order valence-corrected chi connectivity index (χ2v) is 5.97. The summed E-state index contributed by atoms with van der Waals surface area (Å²) in [7, 11) is -2.77. The molecule has 18 heavy (non-hydrogen) atoms. The van der Waals surface area contributed by atoms with Crippen molar-refractivity contribution in [3.63, 3.8) is 0 Å². The topological polar surface area (TPSA) is 72.5 Å². The molecule has 1 rings (SSSR count). The van der Waals surface area contributed by atoms with Crippen molar-refractivity contribution in [1.82, 2.24) is 4.72 Å². The Kier molecular flexibility index (Phi) is 4.98. The third-order valence-electron chi connectivity index (χ3n) is 2.07. The highest BCUT2D eigenvalue weighted by Gasteiger charge is 2.24. The molecule has 0 aromatic heterocycles. The first-order valence-electron chi connectivity index (χ1n) is 4.83. The van der Waals surface area contributed by atoms with E-state index in [-0.39, 0.29) is 14.9 Å². The molecule has 0 saturated heterocycles. The van der Waals surface area contributed by atoms with Crippen LogP contribution < -0.4 is 4.72 Å². The average molecular weight is 312 g/mol. The number of carbonyl (C=O) groups excluding carboxylic acids is 1. The summed E-state index contributed by atoms with van der Waals surface area (Å²) < 4.78 is 30.5. The Morgan fingerprint density at radius 1 is 1.39 bits per heavy atom. The Bertz CT molecular complexity index is 559. The molecule has 0 spiro atoms. The maximum absolute atomic E-state index is 12.0. The number of rotatable bonds is 4. The van der Waals surface area contributed by atoms with Gasteiger partial charge in [0, 0.05) is 5.02 Å². The van der Waals surface area contributed by atoms with E-state index >= 15 is 0 Å². The van der Waals surface area contributed by atoms with Gasteiger partial charge in [0.25, 0.3) is 0 Å². The number of nitrogens with one attached hydrogen (secondary N) is 1. The van der Waals surface area contributed by atoms with E-state index in [0.717, 1.165) is 0 Å². The van der Waals surface area contributed by atoms with Gasteiger partial charge in [-0.05, 0) is 25.1 Å². The standard InChI is InChI=1S/C10H11Cl2NO4S/c1-6(10(14)17-2)13-18(15,16)9-5-7(11)3-4-8(9)12/h3-6,13H,1-2H3. The zero-order chi connectivity index (χ0) is 13.9. The molecule has 0 aliphatic carbocycles. The molecule has 0 radical (unpaired) electrons. The largest absolute Gasteiger partial charge is 0.468 e. The summed E-state index contributed by atoms with van der Waals surface area (Å²) in [5, 5.41) is 0.245. The molecule has 1 aromatic rings. The molecule has 1 unspecified atom stereocenters. The molecule has 8 heteroatoms. The van der Waals surface area contributed by atoms with Gasteiger partial charge < -0.3 is 4.74 Å². The van der Waals surface area contributed by atoms with Crippen molar-refractivity contribution in [3.8, 4) is 0 Å². The molecule has 0 fully saturated rings. The van der Waals surface area contributed by atoms with Gasteiger partial charge in [0.2, 0.25) is 10.0 Å². The van der Waals surface area contributed by atoms with Gasteiger partial charge in [-0.3, -0.25) is 4.79 Å². The van der Waals surface area contributed by atoms with Crippen molar-refractivity contribution in [2.45, 2.75) is 17.9 Å². The molecule has 1 N–H and O–H groups in total. The minimum absolute atomic E-state index is 0.0176. The highest BCUT2D eigenvalue weighted by Crippen LogP contribution is 2.24. The zero-order valence-electron chi connectivity index (χ0n) is 9.61. The molecule has 0 saturated carbocycles. The lowest BCUT2D eigenvalue weighted by molar-refractivity contribution is -0.142. The van der Waals surface area contributed by atoms with E-state index in [9.17, 15) is 13.2 Å². The van der Waals surface area contributed by atoms with E-state index in [4.69, 9.17) is 23.2 Å². The van der Waals surface area contributed by atoms with Crippen molar-refractivity contribution in [2.24, 2.45) is 0 Å². The molecule has 0 aliphatic heterocycles. The molecule has 0 aliphatic rings. The lowest BCUT2D eigenvalue weighted by atomic mass is 10.4. The zero-order valence-corrected chi connectivity index (χ0v) is 11.9. The van der Waals surface area contributed by atoms with Crippen molar-refractivity contribution in [1.29, 1.82) is 0 Å². The summed E-state index contributed by atoms with van der Waals surface area (Å²) in [6, 6.07) is 3.01. The summed E-state index contributed by atoms with van der Waals surface area (Å²) in [5.41, 5.74) is 0. The fourth-order valence-corrected chi connectivity index (χ4v) is 3.16. The molecular weight excluding hydrogens is 301 g/mol. The monoisotopic (exact) mass is 311 g/mol. The molecule has 1 aromatic carbocycles. The normalized spacial score (nSPS) is 13.1. The number of carbonyl (C=O) groups is 1. The molecule has 100 valence electrons. The van der Waals surface area contributed by atoms with Gasteiger partial charge in [0.05, 0.1) is 12.1 Å². The van der Waals surface area contributed by atoms with Gasteiger partial charge in [-0.2, -0.15) is 4.72 Å².